The molecule has 5 heteroatoms. The number of likely N-dealkylation sites (tertiary alicyclic amines) is 1. The third-order valence-electron chi connectivity index (χ3n) is 4.93. The van der Waals surface area contributed by atoms with Gasteiger partial charge in [0.2, 0.25) is 5.91 Å². The third-order valence-corrected chi connectivity index (χ3v) is 4.93. The normalized spacial score (nSPS) is 19.0. The van der Waals surface area contributed by atoms with Crippen LogP contribution in [-0.2, 0) is 16.1 Å². The van der Waals surface area contributed by atoms with E-state index < -0.39 is 5.41 Å². The molecular formula is C19H30N2O3. The van der Waals surface area contributed by atoms with Gasteiger partial charge in [-0.2, -0.15) is 0 Å². The third kappa shape index (κ3) is 5.03. The maximum absolute atomic E-state index is 12.8. The molecule has 0 spiro atoms. The zero-order valence-corrected chi connectivity index (χ0v) is 14.8. The number of methoxy groups -OCH3 is 1. The summed E-state index contributed by atoms with van der Waals surface area (Å²) in [6.07, 6.45) is 2.09. The first kappa shape index (κ1) is 18.9. The zero-order valence-electron chi connectivity index (χ0n) is 14.8. The van der Waals surface area contributed by atoms with E-state index in [1.807, 2.05) is 13.0 Å². The number of ether oxygens (including phenoxy) is 1. The van der Waals surface area contributed by atoms with Crippen LogP contribution in [0.15, 0.2) is 30.3 Å². The van der Waals surface area contributed by atoms with E-state index in [4.69, 9.17) is 4.74 Å². The minimum atomic E-state index is -0.454. The van der Waals surface area contributed by atoms with E-state index in [2.05, 4.69) is 34.5 Å². The molecule has 1 aromatic carbocycles. The van der Waals surface area contributed by atoms with Gasteiger partial charge in [-0.3, -0.25) is 9.69 Å². The van der Waals surface area contributed by atoms with Gasteiger partial charge in [-0.05, 0) is 44.8 Å². The Morgan fingerprint density at radius 1 is 1.33 bits per heavy atom. The van der Waals surface area contributed by atoms with Crippen molar-refractivity contribution in [1.82, 2.24) is 10.2 Å². The lowest BCUT2D eigenvalue weighted by molar-refractivity contribution is -0.136. The predicted octanol–water partition coefficient (Wildman–Crippen LogP) is 1.80. The molecule has 0 aliphatic carbocycles. The van der Waals surface area contributed by atoms with Crippen molar-refractivity contribution in [2.75, 3.05) is 33.4 Å². The number of hydrogen-bond acceptors (Lipinski definition) is 4. The van der Waals surface area contributed by atoms with Crippen molar-refractivity contribution < 1.29 is 14.6 Å². The van der Waals surface area contributed by atoms with Crippen molar-refractivity contribution in [3.05, 3.63) is 35.9 Å². The molecule has 2 rings (SSSR count). The number of benzene rings is 1. The summed E-state index contributed by atoms with van der Waals surface area (Å²) in [5.74, 6) is 0.0560. The molecule has 24 heavy (non-hydrogen) atoms. The van der Waals surface area contributed by atoms with Gasteiger partial charge in [0, 0.05) is 26.3 Å². The fourth-order valence-electron chi connectivity index (χ4n) is 3.45. The summed E-state index contributed by atoms with van der Waals surface area (Å²) in [5.41, 5.74) is 0.842. The van der Waals surface area contributed by atoms with Crippen molar-refractivity contribution in [1.29, 1.82) is 0 Å². The van der Waals surface area contributed by atoms with Crippen LogP contribution < -0.4 is 5.32 Å². The molecule has 0 unspecified atom stereocenters. The molecule has 1 amide bonds. The highest BCUT2D eigenvalue weighted by atomic mass is 16.5. The largest absolute Gasteiger partial charge is 0.396 e. The van der Waals surface area contributed by atoms with Gasteiger partial charge in [0.05, 0.1) is 12.0 Å². The lowest BCUT2D eigenvalue weighted by atomic mass is 9.74. The van der Waals surface area contributed by atoms with Crippen molar-refractivity contribution in [2.24, 2.45) is 5.41 Å². The number of hydrogen-bond donors (Lipinski definition) is 2. The summed E-state index contributed by atoms with van der Waals surface area (Å²) >= 11 is 0. The molecule has 5 nitrogen and oxygen atoms in total. The minimum Gasteiger partial charge on any atom is -0.396 e. The number of aliphatic hydroxyl groups excluding tert-OH is 1. The molecule has 1 aromatic rings. The second-order valence-corrected chi connectivity index (χ2v) is 6.85. The molecule has 1 fully saturated rings. The maximum Gasteiger partial charge on any atom is 0.226 e. The van der Waals surface area contributed by atoms with Gasteiger partial charge in [-0.25, -0.2) is 0 Å². The van der Waals surface area contributed by atoms with Gasteiger partial charge in [0.1, 0.15) is 0 Å². The van der Waals surface area contributed by atoms with E-state index in [9.17, 15) is 9.90 Å². The molecule has 1 atom stereocenters. The Hall–Kier alpha value is -1.43. The Morgan fingerprint density at radius 3 is 2.58 bits per heavy atom. The molecule has 134 valence electrons. The van der Waals surface area contributed by atoms with E-state index in [1.54, 1.807) is 7.11 Å². The molecule has 0 bridgehead atoms. The average Bonchev–Trinajstić information content (AvgIpc) is 2.58. The fourth-order valence-corrected chi connectivity index (χ4v) is 3.45. The zero-order chi connectivity index (χ0) is 17.4. The van der Waals surface area contributed by atoms with Crippen LogP contribution in [0.1, 0.15) is 31.7 Å². The highest BCUT2D eigenvalue weighted by Gasteiger charge is 2.41. The van der Waals surface area contributed by atoms with Crippen LogP contribution in [-0.4, -0.2) is 55.4 Å². The summed E-state index contributed by atoms with van der Waals surface area (Å²) in [6.45, 7) is 5.16. The molecule has 0 radical (unpaired) electrons. The number of carbonyl (C=O) groups excluding carboxylic acids is 1. The quantitative estimate of drug-likeness (QED) is 0.761. The van der Waals surface area contributed by atoms with Crippen LogP contribution >= 0.6 is 0 Å². The van der Waals surface area contributed by atoms with E-state index in [-0.39, 0.29) is 18.6 Å². The monoisotopic (exact) mass is 334 g/mol. The van der Waals surface area contributed by atoms with Crippen LogP contribution in [0.5, 0.6) is 0 Å². The van der Waals surface area contributed by atoms with Gasteiger partial charge in [0.15, 0.2) is 0 Å². The van der Waals surface area contributed by atoms with Crippen molar-refractivity contribution in [2.45, 2.75) is 38.8 Å². The first-order chi connectivity index (χ1) is 11.6. The first-order valence-electron chi connectivity index (χ1n) is 8.77. The Kier molecular flexibility index (Phi) is 7.21. The lowest BCUT2D eigenvalue weighted by Gasteiger charge is -2.41. The summed E-state index contributed by atoms with van der Waals surface area (Å²) in [6, 6.07) is 10.4. The predicted molar refractivity (Wildman–Crippen MR) is 94.6 cm³/mol. The molecule has 2 N–H and O–H groups in total. The van der Waals surface area contributed by atoms with Crippen LogP contribution in [0.25, 0.3) is 0 Å². The summed E-state index contributed by atoms with van der Waals surface area (Å²) in [4.78, 5) is 15.1. The fraction of sp³-hybridized carbons (Fsp3) is 0.632. The van der Waals surface area contributed by atoms with Crippen LogP contribution in [0.3, 0.4) is 0 Å². The van der Waals surface area contributed by atoms with Crippen molar-refractivity contribution >= 4 is 5.91 Å². The number of aliphatic hydroxyl groups is 1. The molecule has 0 saturated carbocycles. The summed E-state index contributed by atoms with van der Waals surface area (Å²) in [7, 11) is 1.63. The van der Waals surface area contributed by atoms with Crippen molar-refractivity contribution in [3.63, 3.8) is 0 Å². The highest BCUT2D eigenvalue weighted by Crippen LogP contribution is 2.35. The average molecular weight is 334 g/mol. The molecule has 1 saturated heterocycles. The van der Waals surface area contributed by atoms with E-state index in [0.29, 0.717) is 13.0 Å². The topological polar surface area (TPSA) is 61.8 Å². The second kappa shape index (κ2) is 9.16. The van der Waals surface area contributed by atoms with Crippen molar-refractivity contribution in [3.8, 4) is 0 Å². The first-order valence-corrected chi connectivity index (χ1v) is 8.77. The van der Waals surface area contributed by atoms with Crippen LogP contribution in [0.4, 0.5) is 0 Å². The van der Waals surface area contributed by atoms with Crippen LogP contribution in [0.2, 0.25) is 0 Å². The van der Waals surface area contributed by atoms with Gasteiger partial charge in [-0.15, -0.1) is 0 Å². The Bertz CT molecular complexity index is 499. The molecule has 1 aliphatic heterocycles. The number of nitrogens with zero attached hydrogens (tertiary/aromatic N) is 1. The minimum absolute atomic E-state index is 0.0135. The maximum atomic E-state index is 12.8. The number of amides is 1. The van der Waals surface area contributed by atoms with Gasteiger partial charge < -0.3 is 15.2 Å². The number of carbonyl (C=O) groups is 1. The van der Waals surface area contributed by atoms with Gasteiger partial charge >= 0.3 is 0 Å². The Balaban J connectivity index is 1.94. The number of nitrogens with one attached hydrogen (secondary N) is 1. The smallest absolute Gasteiger partial charge is 0.226 e. The summed E-state index contributed by atoms with van der Waals surface area (Å²) in [5, 5.41) is 12.5. The van der Waals surface area contributed by atoms with E-state index in [0.717, 1.165) is 32.5 Å². The summed E-state index contributed by atoms with van der Waals surface area (Å²) < 4.78 is 5.10. The molecule has 1 aliphatic rings. The van der Waals surface area contributed by atoms with E-state index >= 15 is 0 Å². The van der Waals surface area contributed by atoms with Gasteiger partial charge in [0.25, 0.3) is 0 Å². The highest BCUT2D eigenvalue weighted by molar-refractivity contribution is 5.83. The Labute approximate surface area is 145 Å². The standard InChI is InChI=1S/C19H30N2O3/c1-16(15-24-2)20-18(23)19(10-13-22)8-11-21(12-9-19)14-17-6-4-3-5-7-17/h3-7,16,22H,8-15H2,1-2H3,(H,20,23)/t16-/m1/s1. The van der Waals surface area contributed by atoms with Crippen LogP contribution in [0, 0.1) is 5.41 Å². The molecule has 1 heterocycles. The van der Waals surface area contributed by atoms with E-state index in [1.165, 1.54) is 5.56 Å². The number of rotatable bonds is 8. The molecule has 0 aromatic heterocycles. The SMILES string of the molecule is COC[C@@H](C)NC(=O)C1(CCO)CCN(Cc2ccccc2)CC1. The second-order valence-electron chi connectivity index (χ2n) is 6.85. The lowest BCUT2D eigenvalue weighted by Crippen LogP contribution is -2.51. The number of piperidine rings is 1. The Morgan fingerprint density at radius 2 is 2.00 bits per heavy atom. The molecular weight excluding hydrogens is 304 g/mol. The van der Waals surface area contributed by atoms with Gasteiger partial charge in [-0.1, -0.05) is 30.3 Å².